The van der Waals surface area contributed by atoms with E-state index in [-0.39, 0.29) is 6.10 Å². The Labute approximate surface area is 147 Å². The van der Waals surface area contributed by atoms with Crippen LogP contribution in [0.3, 0.4) is 0 Å². The average Bonchev–Trinajstić information content (AvgIpc) is 3.02. The van der Waals surface area contributed by atoms with E-state index in [2.05, 4.69) is 10.6 Å². The van der Waals surface area contributed by atoms with Crippen molar-refractivity contribution in [2.45, 2.75) is 25.7 Å². The zero-order valence-corrected chi connectivity index (χ0v) is 15.0. The summed E-state index contributed by atoms with van der Waals surface area (Å²) in [4.78, 5) is 0. The molecule has 0 unspecified atom stereocenters. The maximum absolute atomic E-state index is 5.61. The number of rotatable bonds is 8. The van der Waals surface area contributed by atoms with Crippen LogP contribution >= 0.6 is 24.0 Å². The summed E-state index contributed by atoms with van der Waals surface area (Å²) in [6, 6.07) is 11.7. The van der Waals surface area contributed by atoms with E-state index < -0.39 is 0 Å². The quantitative estimate of drug-likeness (QED) is 0.547. The number of furan rings is 1. The van der Waals surface area contributed by atoms with Gasteiger partial charge in [-0.25, -0.2) is 0 Å². The molecular formula is C17H22N2O2S2. The number of benzene rings is 1. The fraction of sp³-hybridized carbons (Fsp3) is 0.353. The molecule has 2 N–H and O–H groups in total. The van der Waals surface area contributed by atoms with Gasteiger partial charge in [-0.15, -0.1) is 0 Å². The third kappa shape index (κ3) is 6.97. The molecule has 0 aliphatic carbocycles. The molecule has 0 bridgehead atoms. The zero-order chi connectivity index (χ0) is 16.5. The largest absolute Gasteiger partial charge is 0.491 e. The number of ether oxygens (including phenoxy) is 1. The summed E-state index contributed by atoms with van der Waals surface area (Å²) >= 11 is 7.09. The molecule has 2 rings (SSSR count). The molecule has 0 atom stereocenters. The van der Waals surface area contributed by atoms with Crippen LogP contribution < -0.4 is 15.4 Å². The number of anilines is 1. The third-order valence-electron chi connectivity index (χ3n) is 2.84. The van der Waals surface area contributed by atoms with Gasteiger partial charge < -0.3 is 19.8 Å². The first kappa shape index (κ1) is 17.7. The van der Waals surface area contributed by atoms with Crippen molar-refractivity contribution < 1.29 is 9.15 Å². The molecule has 1 heterocycles. The second kappa shape index (κ2) is 9.47. The Balaban J connectivity index is 1.62. The minimum absolute atomic E-state index is 0.176. The summed E-state index contributed by atoms with van der Waals surface area (Å²) < 4.78 is 10.9. The molecule has 23 heavy (non-hydrogen) atoms. The molecule has 0 saturated heterocycles. The van der Waals surface area contributed by atoms with Gasteiger partial charge in [0.15, 0.2) is 5.11 Å². The second-order valence-corrected chi connectivity index (χ2v) is 6.72. The van der Waals surface area contributed by atoms with E-state index in [1.165, 1.54) is 0 Å². The molecule has 0 amide bonds. The van der Waals surface area contributed by atoms with E-state index in [9.17, 15) is 0 Å². The summed E-state index contributed by atoms with van der Waals surface area (Å²) in [5.74, 6) is 3.70. The van der Waals surface area contributed by atoms with E-state index in [0.717, 1.165) is 35.2 Å². The number of hydrogen-bond donors (Lipinski definition) is 2. The Morgan fingerprint density at radius 1 is 1.26 bits per heavy atom. The van der Waals surface area contributed by atoms with Crippen LogP contribution in [-0.2, 0) is 5.75 Å². The molecule has 0 spiro atoms. The van der Waals surface area contributed by atoms with Crippen LogP contribution in [0.1, 0.15) is 19.6 Å². The van der Waals surface area contributed by atoms with Crippen LogP contribution in [0.4, 0.5) is 5.69 Å². The van der Waals surface area contributed by atoms with E-state index in [4.69, 9.17) is 21.4 Å². The Hall–Kier alpha value is -1.66. The number of nitrogens with one attached hydrogen (secondary N) is 2. The number of thiocarbonyl (C=S) groups is 1. The summed E-state index contributed by atoms with van der Waals surface area (Å²) in [5.41, 5.74) is 0.946. The van der Waals surface area contributed by atoms with Crippen LogP contribution in [0.25, 0.3) is 0 Å². The lowest BCUT2D eigenvalue weighted by Gasteiger charge is -2.12. The maximum atomic E-state index is 5.61. The molecule has 1 aromatic carbocycles. The lowest BCUT2D eigenvalue weighted by atomic mass is 10.3. The van der Waals surface area contributed by atoms with Gasteiger partial charge in [0.1, 0.15) is 11.5 Å². The standard InChI is InChI=1S/C17H22N2O2S2/c1-13(2)21-15-7-5-14(6-8-15)19-17(22)18-9-11-23-12-16-4-3-10-20-16/h3-8,10,13H,9,11-12H2,1-2H3,(H2,18,19,22). The number of thioether (sulfide) groups is 1. The summed E-state index contributed by atoms with van der Waals surface area (Å²) in [7, 11) is 0. The van der Waals surface area contributed by atoms with Gasteiger partial charge in [0, 0.05) is 18.0 Å². The van der Waals surface area contributed by atoms with E-state index in [1.807, 2.05) is 50.2 Å². The molecule has 0 fully saturated rings. The van der Waals surface area contributed by atoms with Gasteiger partial charge in [-0.2, -0.15) is 11.8 Å². The average molecular weight is 351 g/mol. The van der Waals surface area contributed by atoms with E-state index >= 15 is 0 Å². The Morgan fingerprint density at radius 3 is 2.70 bits per heavy atom. The highest BCUT2D eigenvalue weighted by molar-refractivity contribution is 7.98. The van der Waals surface area contributed by atoms with Crippen LogP contribution in [0, 0.1) is 0 Å². The van der Waals surface area contributed by atoms with Crippen LogP contribution in [-0.4, -0.2) is 23.5 Å². The fourth-order valence-corrected chi connectivity index (χ4v) is 2.84. The maximum Gasteiger partial charge on any atom is 0.170 e. The highest BCUT2D eigenvalue weighted by Gasteiger charge is 2.01. The van der Waals surface area contributed by atoms with Crippen molar-refractivity contribution in [3.05, 3.63) is 48.4 Å². The smallest absolute Gasteiger partial charge is 0.170 e. The van der Waals surface area contributed by atoms with Gasteiger partial charge >= 0.3 is 0 Å². The SMILES string of the molecule is CC(C)Oc1ccc(NC(=S)NCCSCc2ccco2)cc1. The minimum Gasteiger partial charge on any atom is -0.491 e. The Bertz CT molecular complexity index is 583. The van der Waals surface area contributed by atoms with Gasteiger partial charge in [-0.1, -0.05) is 0 Å². The first-order valence-corrected chi connectivity index (χ1v) is 9.11. The van der Waals surface area contributed by atoms with Crippen molar-refractivity contribution in [3.63, 3.8) is 0 Å². The second-order valence-electron chi connectivity index (χ2n) is 5.20. The summed E-state index contributed by atoms with van der Waals surface area (Å²) in [5, 5.41) is 6.99. The van der Waals surface area contributed by atoms with Gasteiger partial charge in [-0.3, -0.25) is 0 Å². The van der Waals surface area contributed by atoms with Gasteiger partial charge in [0.2, 0.25) is 0 Å². The molecule has 0 aliphatic rings. The summed E-state index contributed by atoms with van der Waals surface area (Å²) in [6.07, 6.45) is 1.88. The lowest BCUT2D eigenvalue weighted by Crippen LogP contribution is -2.30. The van der Waals surface area contributed by atoms with Gasteiger partial charge in [0.05, 0.1) is 18.1 Å². The molecule has 0 aliphatic heterocycles. The van der Waals surface area contributed by atoms with Crippen molar-refractivity contribution in [3.8, 4) is 5.75 Å². The molecule has 6 heteroatoms. The van der Waals surface area contributed by atoms with Gasteiger partial charge in [0.25, 0.3) is 0 Å². The van der Waals surface area contributed by atoms with Gasteiger partial charge in [-0.05, 0) is 62.5 Å². The van der Waals surface area contributed by atoms with Crippen molar-refractivity contribution in [1.29, 1.82) is 0 Å². The van der Waals surface area contributed by atoms with Crippen molar-refractivity contribution in [2.24, 2.45) is 0 Å². The van der Waals surface area contributed by atoms with Crippen molar-refractivity contribution in [1.82, 2.24) is 5.32 Å². The third-order valence-corrected chi connectivity index (χ3v) is 4.07. The van der Waals surface area contributed by atoms with Crippen LogP contribution in [0.2, 0.25) is 0 Å². The Morgan fingerprint density at radius 2 is 2.04 bits per heavy atom. The zero-order valence-electron chi connectivity index (χ0n) is 13.4. The van der Waals surface area contributed by atoms with Crippen molar-refractivity contribution in [2.75, 3.05) is 17.6 Å². The minimum atomic E-state index is 0.176. The molecule has 0 saturated carbocycles. The molecule has 0 radical (unpaired) electrons. The first-order chi connectivity index (χ1) is 11.1. The predicted molar refractivity (Wildman–Crippen MR) is 101 cm³/mol. The molecular weight excluding hydrogens is 328 g/mol. The highest BCUT2D eigenvalue weighted by atomic mass is 32.2. The monoisotopic (exact) mass is 350 g/mol. The van der Waals surface area contributed by atoms with Crippen LogP contribution in [0.15, 0.2) is 47.1 Å². The molecule has 1 aromatic heterocycles. The van der Waals surface area contributed by atoms with E-state index in [1.54, 1.807) is 18.0 Å². The summed E-state index contributed by atoms with van der Waals surface area (Å²) in [6.45, 7) is 4.83. The van der Waals surface area contributed by atoms with Crippen LogP contribution in [0.5, 0.6) is 5.75 Å². The molecule has 124 valence electrons. The predicted octanol–water partition coefficient (Wildman–Crippen LogP) is 4.29. The molecule has 4 nitrogen and oxygen atoms in total. The first-order valence-electron chi connectivity index (χ1n) is 7.55. The van der Waals surface area contributed by atoms with Crippen molar-refractivity contribution >= 4 is 34.8 Å². The normalized spacial score (nSPS) is 10.6. The highest BCUT2D eigenvalue weighted by Crippen LogP contribution is 2.17. The molecule has 2 aromatic rings. The lowest BCUT2D eigenvalue weighted by molar-refractivity contribution is 0.242. The topological polar surface area (TPSA) is 46.4 Å². The number of hydrogen-bond acceptors (Lipinski definition) is 4. The Kier molecular flexibility index (Phi) is 7.29. The van der Waals surface area contributed by atoms with E-state index in [0.29, 0.717) is 5.11 Å². The fourth-order valence-electron chi connectivity index (χ4n) is 1.87.